The molecule has 0 bridgehead atoms. The van der Waals surface area contributed by atoms with Crippen LogP contribution < -0.4 is 10.6 Å². The molecular weight excluding hydrogens is 291 g/mol. The Hall–Kier alpha value is -2.07. The van der Waals surface area contributed by atoms with Crippen molar-refractivity contribution in [3.05, 3.63) is 64.9 Å². The van der Waals surface area contributed by atoms with Crippen molar-refractivity contribution in [2.75, 3.05) is 18.4 Å². The predicted molar refractivity (Wildman–Crippen MR) is 83.1 cm³/mol. The van der Waals surface area contributed by atoms with Crippen LogP contribution in [0.4, 0.5) is 10.1 Å². The maximum absolute atomic E-state index is 12.7. The number of nitrogens with one attached hydrogen (secondary N) is 2. The van der Waals surface area contributed by atoms with Gasteiger partial charge in [-0.1, -0.05) is 23.7 Å². The first-order valence-corrected chi connectivity index (χ1v) is 7.02. The number of amides is 1. The summed E-state index contributed by atoms with van der Waals surface area (Å²) in [4.78, 5) is 11.7. The van der Waals surface area contributed by atoms with Gasteiger partial charge in [0.15, 0.2) is 0 Å². The molecule has 2 N–H and O–H groups in total. The molecule has 5 heteroatoms. The third-order valence-electron chi connectivity index (χ3n) is 2.92. The van der Waals surface area contributed by atoms with Gasteiger partial charge in [0.05, 0.1) is 6.54 Å². The molecule has 21 heavy (non-hydrogen) atoms. The molecule has 0 heterocycles. The number of anilines is 1. The van der Waals surface area contributed by atoms with Crippen molar-refractivity contribution in [2.45, 2.75) is 6.42 Å². The highest BCUT2D eigenvalue weighted by molar-refractivity contribution is 6.30. The van der Waals surface area contributed by atoms with E-state index >= 15 is 0 Å². The number of hydrogen-bond acceptors (Lipinski definition) is 2. The molecule has 0 aliphatic rings. The number of rotatable bonds is 6. The van der Waals surface area contributed by atoms with Crippen LogP contribution in [0.1, 0.15) is 5.56 Å². The standard InChI is InChI=1S/C16H16ClFN2O/c17-13-3-1-2-12(10-13)8-9-19-16(21)11-20-15-6-4-14(18)5-7-15/h1-7,10,20H,8-9,11H2,(H,19,21). The lowest BCUT2D eigenvalue weighted by atomic mass is 10.1. The average molecular weight is 307 g/mol. The van der Waals surface area contributed by atoms with Crippen molar-refractivity contribution in [1.82, 2.24) is 5.32 Å². The van der Waals surface area contributed by atoms with E-state index in [2.05, 4.69) is 10.6 Å². The van der Waals surface area contributed by atoms with E-state index < -0.39 is 0 Å². The molecule has 2 aromatic rings. The summed E-state index contributed by atoms with van der Waals surface area (Å²) < 4.78 is 12.7. The molecule has 0 atom stereocenters. The van der Waals surface area contributed by atoms with Gasteiger partial charge in [-0.25, -0.2) is 4.39 Å². The van der Waals surface area contributed by atoms with E-state index in [0.717, 1.165) is 12.0 Å². The average Bonchev–Trinajstić information content (AvgIpc) is 2.47. The fourth-order valence-electron chi connectivity index (χ4n) is 1.85. The van der Waals surface area contributed by atoms with E-state index in [9.17, 15) is 9.18 Å². The number of halogens is 2. The Morgan fingerprint density at radius 2 is 1.90 bits per heavy atom. The lowest BCUT2D eigenvalue weighted by molar-refractivity contribution is -0.119. The van der Waals surface area contributed by atoms with E-state index in [-0.39, 0.29) is 18.3 Å². The summed E-state index contributed by atoms with van der Waals surface area (Å²) in [5, 5.41) is 6.43. The maximum atomic E-state index is 12.7. The second-order valence-corrected chi connectivity index (χ2v) is 5.03. The first kappa shape index (κ1) is 15.3. The van der Waals surface area contributed by atoms with Crippen molar-refractivity contribution in [1.29, 1.82) is 0 Å². The van der Waals surface area contributed by atoms with Gasteiger partial charge in [0.1, 0.15) is 5.82 Å². The molecular formula is C16H16ClFN2O. The zero-order chi connectivity index (χ0) is 15.1. The van der Waals surface area contributed by atoms with Gasteiger partial charge in [-0.05, 0) is 48.4 Å². The van der Waals surface area contributed by atoms with Crippen LogP contribution in [0.2, 0.25) is 5.02 Å². The number of carbonyl (C=O) groups excluding carboxylic acids is 1. The van der Waals surface area contributed by atoms with Crippen LogP contribution >= 0.6 is 11.6 Å². The Balaban J connectivity index is 1.69. The SMILES string of the molecule is O=C(CNc1ccc(F)cc1)NCCc1cccc(Cl)c1. The lowest BCUT2D eigenvalue weighted by Crippen LogP contribution is -2.31. The Kier molecular flexibility index (Phi) is 5.58. The largest absolute Gasteiger partial charge is 0.376 e. The minimum atomic E-state index is -0.300. The summed E-state index contributed by atoms with van der Waals surface area (Å²) in [5.74, 6) is -0.409. The number of carbonyl (C=O) groups is 1. The predicted octanol–water partition coefficient (Wildman–Crippen LogP) is 3.25. The summed E-state index contributed by atoms with van der Waals surface area (Å²) in [6.45, 7) is 0.700. The summed E-state index contributed by atoms with van der Waals surface area (Å²) in [5.41, 5.74) is 1.79. The normalized spacial score (nSPS) is 10.2. The van der Waals surface area contributed by atoms with Gasteiger partial charge in [0, 0.05) is 17.3 Å². The smallest absolute Gasteiger partial charge is 0.239 e. The zero-order valence-electron chi connectivity index (χ0n) is 11.4. The second kappa shape index (κ2) is 7.64. The monoisotopic (exact) mass is 306 g/mol. The van der Waals surface area contributed by atoms with Crippen LogP contribution in [0.3, 0.4) is 0 Å². The minimum absolute atomic E-state index is 0.110. The molecule has 2 rings (SSSR count). The van der Waals surface area contributed by atoms with Gasteiger partial charge in [0.2, 0.25) is 5.91 Å². The quantitative estimate of drug-likeness (QED) is 0.860. The fourth-order valence-corrected chi connectivity index (χ4v) is 2.06. The van der Waals surface area contributed by atoms with Crippen LogP contribution in [0, 0.1) is 5.82 Å². The Bertz CT molecular complexity index is 601. The van der Waals surface area contributed by atoms with Gasteiger partial charge in [0.25, 0.3) is 0 Å². The zero-order valence-corrected chi connectivity index (χ0v) is 12.2. The third-order valence-corrected chi connectivity index (χ3v) is 3.16. The summed E-state index contributed by atoms with van der Waals surface area (Å²) in [6, 6.07) is 13.4. The second-order valence-electron chi connectivity index (χ2n) is 4.59. The summed E-state index contributed by atoms with van der Waals surface area (Å²) in [7, 11) is 0. The molecule has 0 spiro atoms. The van der Waals surface area contributed by atoms with Crippen molar-refractivity contribution in [2.24, 2.45) is 0 Å². The summed E-state index contributed by atoms with van der Waals surface area (Å²) in [6.07, 6.45) is 0.725. The highest BCUT2D eigenvalue weighted by Crippen LogP contribution is 2.10. The third kappa shape index (κ3) is 5.44. The molecule has 3 nitrogen and oxygen atoms in total. The Morgan fingerprint density at radius 1 is 1.14 bits per heavy atom. The Labute approximate surface area is 128 Å². The van der Waals surface area contributed by atoms with E-state index in [1.807, 2.05) is 24.3 Å². The lowest BCUT2D eigenvalue weighted by Gasteiger charge is -2.08. The van der Waals surface area contributed by atoms with Crippen LogP contribution in [-0.2, 0) is 11.2 Å². The Morgan fingerprint density at radius 3 is 2.62 bits per heavy atom. The summed E-state index contributed by atoms with van der Waals surface area (Å²) >= 11 is 5.89. The highest BCUT2D eigenvalue weighted by Gasteiger charge is 2.01. The van der Waals surface area contributed by atoms with Gasteiger partial charge in [-0.3, -0.25) is 4.79 Å². The molecule has 0 saturated carbocycles. The minimum Gasteiger partial charge on any atom is -0.376 e. The van der Waals surface area contributed by atoms with Crippen molar-refractivity contribution < 1.29 is 9.18 Å². The molecule has 0 aromatic heterocycles. The van der Waals surface area contributed by atoms with E-state index in [1.165, 1.54) is 12.1 Å². The molecule has 2 aromatic carbocycles. The van der Waals surface area contributed by atoms with E-state index in [4.69, 9.17) is 11.6 Å². The van der Waals surface area contributed by atoms with Gasteiger partial charge in [-0.2, -0.15) is 0 Å². The molecule has 0 aliphatic heterocycles. The van der Waals surface area contributed by atoms with E-state index in [1.54, 1.807) is 12.1 Å². The molecule has 1 amide bonds. The van der Waals surface area contributed by atoms with Gasteiger partial charge < -0.3 is 10.6 Å². The van der Waals surface area contributed by atoms with Gasteiger partial charge >= 0.3 is 0 Å². The van der Waals surface area contributed by atoms with Crippen molar-refractivity contribution in [3.8, 4) is 0 Å². The maximum Gasteiger partial charge on any atom is 0.239 e. The van der Waals surface area contributed by atoms with Crippen LogP contribution in [0.5, 0.6) is 0 Å². The number of hydrogen-bond donors (Lipinski definition) is 2. The van der Waals surface area contributed by atoms with Crippen molar-refractivity contribution in [3.63, 3.8) is 0 Å². The molecule has 110 valence electrons. The van der Waals surface area contributed by atoms with Crippen LogP contribution in [0.25, 0.3) is 0 Å². The van der Waals surface area contributed by atoms with Crippen molar-refractivity contribution >= 4 is 23.2 Å². The molecule has 0 radical (unpaired) electrons. The molecule has 0 unspecified atom stereocenters. The van der Waals surface area contributed by atoms with Crippen LogP contribution in [0.15, 0.2) is 48.5 Å². The first-order valence-electron chi connectivity index (χ1n) is 6.64. The topological polar surface area (TPSA) is 41.1 Å². The number of benzene rings is 2. The molecule has 0 fully saturated rings. The van der Waals surface area contributed by atoms with E-state index in [0.29, 0.717) is 17.3 Å². The van der Waals surface area contributed by atoms with Crippen LogP contribution in [-0.4, -0.2) is 19.0 Å². The highest BCUT2D eigenvalue weighted by atomic mass is 35.5. The van der Waals surface area contributed by atoms with Gasteiger partial charge in [-0.15, -0.1) is 0 Å². The first-order chi connectivity index (χ1) is 10.1. The molecule has 0 aliphatic carbocycles. The molecule has 0 saturated heterocycles. The fraction of sp³-hybridized carbons (Fsp3) is 0.188.